The van der Waals surface area contributed by atoms with Gasteiger partial charge in [0.15, 0.2) is 0 Å². The van der Waals surface area contributed by atoms with Crippen LogP contribution in [0.25, 0.3) is 44.5 Å². The third-order valence-corrected chi connectivity index (χ3v) is 8.33. The number of piperidine rings is 3. The number of aromatic nitrogens is 3. The zero-order chi connectivity index (χ0) is 27.4. The molecule has 1 atom stereocenters. The molecule has 8 rings (SSSR count). The summed E-state index contributed by atoms with van der Waals surface area (Å²) >= 11 is 0. The summed E-state index contributed by atoms with van der Waals surface area (Å²) in [6.07, 6.45) is 2.20. The van der Waals surface area contributed by atoms with Gasteiger partial charge in [0, 0.05) is 23.5 Å². The molecule has 3 saturated heterocycles. The van der Waals surface area contributed by atoms with E-state index in [1.54, 1.807) is 30.3 Å². The zero-order valence-electron chi connectivity index (χ0n) is 22.0. The van der Waals surface area contributed by atoms with Crippen molar-refractivity contribution >= 4 is 33.6 Å². The van der Waals surface area contributed by atoms with Crippen LogP contribution < -0.4 is 10.9 Å². The molecule has 3 fully saturated rings. The molecule has 2 aromatic heterocycles. The molecule has 3 aliphatic rings. The molecule has 0 radical (unpaired) electrons. The van der Waals surface area contributed by atoms with Gasteiger partial charge in [-0.2, -0.15) is 0 Å². The van der Waals surface area contributed by atoms with Crippen LogP contribution in [0.3, 0.4) is 0 Å². The fraction of sp³-hybridized carbons (Fsp3) is 0.258. The number of hydrogen-bond donors (Lipinski definition) is 3. The fourth-order valence-corrected chi connectivity index (χ4v) is 6.20. The second-order valence-electron chi connectivity index (χ2n) is 10.6. The highest BCUT2D eigenvalue weighted by molar-refractivity contribution is 6.01. The van der Waals surface area contributed by atoms with Gasteiger partial charge in [-0.25, -0.2) is 14.2 Å². The number of H-pyrrole nitrogens is 2. The molecule has 5 aromatic rings. The second-order valence-corrected chi connectivity index (χ2v) is 10.6. The number of aromatic amines is 2. The number of hydrogen-bond acceptors (Lipinski definition) is 6. The van der Waals surface area contributed by atoms with Gasteiger partial charge in [-0.15, -0.1) is 0 Å². The Kier molecular flexibility index (Phi) is 5.89. The number of imidazole rings is 1. The first-order valence-corrected chi connectivity index (χ1v) is 13.5. The minimum Gasteiger partial charge on any atom is -0.465 e. The Bertz CT molecular complexity index is 1790. The maximum atomic E-state index is 15.5. The predicted octanol–water partition coefficient (Wildman–Crippen LogP) is 5.17. The van der Waals surface area contributed by atoms with Crippen molar-refractivity contribution in [2.24, 2.45) is 5.92 Å². The van der Waals surface area contributed by atoms with E-state index in [1.165, 1.54) is 13.2 Å². The van der Waals surface area contributed by atoms with E-state index >= 15 is 4.39 Å². The van der Waals surface area contributed by atoms with E-state index in [1.807, 2.05) is 24.3 Å². The Morgan fingerprint density at radius 1 is 1.05 bits per heavy atom. The van der Waals surface area contributed by atoms with Gasteiger partial charge in [0.25, 0.3) is 5.56 Å². The molecule has 9 heteroatoms. The van der Waals surface area contributed by atoms with Crippen LogP contribution in [0, 0.1) is 11.7 Å². The number of pyridine rings is 1. The predicted molar refractivity (Wildman–Crippen MR) is 153 cm³/mol. The van der Waals surface area contributed by atoms with Crippen LogP contribution in [0.4, 0.5) is 10.1 Å². The van der Waals surface area contributed by atoms with Crippen molar-refractivity contribution < 1.29 is 13.9 Å². The highest BCUT2D eigenvalue weighted by atomic mass is 19.1. The third-order valence-electron chi connectivity index (χ3n) is 8.33. The summed E-state index contributed by atoms with van der Waals surface area (Å²) in [5.74, 6) is 0.0249. The lowest BCUT2D eigenvalue weighted by Crippen LogP contribution is -2.53. The van der Waals surface area contributed by atoms with Crippen molar-refractivity contribution in [1.82, 2.24) is 19.9 Å². The van der Waals surface area contributed by atoms with Crippen molar-refractivity contribution in [2.45, 2.75) is 18.9 Å². The van der Waals surface area contributed by atoms with E-state index in [-0.39, 0.29) is 11.6 Å². The first kappa shape index (κ1) is 24.5. The Hall–Kier alpha value is -4.50. The maximum Gasteiger partial charge on any atom is 0.337 e. The van der Waals surface area contributed by atoms with Crippen molar-refractivity contribution in [1.29, 1.82) is 0 Å². The topological polar surface area (TPSA) is 103 Å². The quantitative estimate of drug-likeness (QED) is 0.267. The van der Waals surface area contributed by atoms with Gasteiger partial charge in [-0.1, -0.05) is 24.3 Å². The van der Waals surface area contributed by atoms with Crippen LogP contribution in [-0.4, -0.2) is 58.6 Å². The number of nitrogens with zero attached hydrogens (tertiary/aromatic N) is 2. The van der Waals surface area contributed by atoms with Crippen LogP contribution in [0.5, 0.6) is 0 Å². The fourth-order valence-electron chi connectivity index (χ4n) is 6.20. The second kappa shape index (κ2) is 9.60. The van der Waals surface area contributed by atoms with Crippen molar-refractivity contribution in [3.05, 3.63) is 82.4 Å². The zero-order valence-corrected chi connectivity index (χ0v) is 22.0. The first-order chi connectivity index (χ1) is 19.5. The molecule has 40 heavy (non-hydrogen) atoms. The van der Waals surface area contributed by atoms with Crippen LogP contribution in [0.1, 0.15) is 23.2 Å². The lowest BCUT2D eigenvalue weighted by molar-refractivity contribution is 0.0600. The van der Waals surface area contributed by atoms with Crippen molar-refractivity contribution in [3.63, 3.8) is 0 Å². The first-order valence-electron chi connectivity index (χ1n) is 13.5. The molecule has 5 heterocycles. The Labute approximate surface area is 229 Å². The molecule has 8 nitrogen and oxygen atoms in total. The molecule has 0 amide bonds. The summed E-state index contributed by atoms with van der Waals surface area (Å²) in [4.78, 5) is 38.9. The van der Waals surface area contributed by atoms with Crippen LogP contribution in [-0.2, 0) is 4.74 Å². The van der Waals surface area contributed by atoms with E-state index in [4.69, 9.17) is 9.72 Å². The number of para-hydroxylation sites is 2. The number of carbonyl (C=O) groups excluding carboxylic acids is 1. The standard InChI is InChI=1S/C31H28FN5O3/c1-40-31(39)19-8-6-17(7-9-19)20-14-21-25(15-22(20)32)36-30(38)27(29-34-23-4-2-3-5-24(23)35-29)28(21)33-26-16-37-12-10-18(26)11-13-37/h2-9,14-15,18,26H,10-13,16H2,1H3,(H,34,35)(H2,33,36,38)/t26-/m0/s1. The van der Waals surface area contributed by atoms with E-state index in [9.17, 15) is 9.59 Å². The minimum atomic E-state index is -0.473. The van der Waals surface area contributed by atoms with Gasteiger partial charge in [-0.05, 0) is 73.8 Å². The van der Waals surface area contributed by atoms with Gasteiger partial charge >= 0.3 is 5.97 Å². The SMILES string of the molecule is COC(=O)c1ccc(-c2cc3c(N[C@H]4CN5CCC4CC5)c(-c4nc5ccccc5[nH]4)c(=O)[nH]c3cc2F)cc1. The summed E-state index contributed by atoms with van der Waals surface area (Å²) < 4.78 is 20.3. The summed E-state index contributed by atoms with van der Waals surface area (Å²) in [7, 11) is 1.32. The Morgan fingerprint density at radius 3 is 2.52 bits per heavy atom. The average Bonchev–Trinajstić information content (AvgIpc) is 3.41. The third kappa shape index (κ3) is 4.14. The average molecular weight is 538 g/mol. The highest BCUT2D eigenvalue weighted by Crippen LogP contribution is 2.38. The number of fused-ring (bicyclic) bond motifs is 5. The van der Waals surface area contributed by atoms with E-state index in [2.05, 4.69) is 20.2 Å². The molecule has 0 unspecified atom stereocenters. The molecule has 0 aliphatic carbocycles. The summed E-state index contributed by atoms with van der Waals surface area (Å²) in [6, 6.07) is 17.6. The lowest BCUT2D eigenvalue weighted by Gasteiger charge is -2.45. The van der Waals surface area contributed by atoms with Crippen molar-refractivity contribution in [2.75, 3.05) is 32.1 Å². The molecule has 3 aliphatic heterocycles. The monoisotopic (exact) mass is 537 g/mol. The molecular formula is C31H28FN5O3. The van der Waals surface area contributed by atoms with E-state index in [0.29, 0.717) is 50.6 Å². The smallest absolute Gasteiger partial charge is 0.337 e. The molecular weight excluding hydrogens is 509 g/mol. The van der Waals surface area contributed by atoms with Crippen molar-refractivity contribution in [3.8, 4) is 22.5 Å². The van der Waals surface area contributed by atoms with Gasteiger partial charge in [-0.3, -0.25) is 4.79 Å². The molecule has 0 spiro atoms. The molecule has 3 aromatic carbocycles. The number of methoxy groups -OCH3 is 1. The van der Waals surface area contributed by atoms with Gasteiger partial charge in [0.05, 0.1) is 34.9 Å². The molecule has 2 bridgehead atoms. The van der Waals surface area contributed by atoms with Crippen LogP contribution in [0.15, 0.2) is 65.5 Å². The number of ether oxygens (including phenoxy) is 1. The highest BCUT2D eigenvalue weighted by Gasteiger charge is 2.35. The van der Waals surface area contributed by atoms with E-state index in [0.717, 1.165) is 43.5 Å². The number of nitrogens with one attached hydrogen (secondary N) is 3. The summed E-state index contributed by atoms with van der Waals surface area (Å²) in [5, 5.41) is 4.43. The summed E-state index contributed by atoms with van der Waals surface area (Å²) in [5.41, 5.74) is 4.05. The number of anilines is 1. The Morgan fingerprint density at radius 2 is 1.82 bits per heavy atom. The Balaban J connectivity index is 1.42. The molecule has 0 saturated carbocycles. The minimum absolute atomic E-state index is 0.156. The number of benzene rings is 3. The van der Waals surface area contributed by atoms with Gasteiger partial charge < -0.3 is 24.9 Å². The largest absolute Gasteiger partial charge is 0.465 e. The number of esters is 1. The number of halogens is 1. The summed E-state index contributed by atoms with van der Waals surface area (Å²) in [6.45, 7) is 3.07. The normalized spacial score (nSPS) is 20.2. The van der Waals surface area contributed by atoms with Crippen LogP contribution in [0.2, 0.25) is 0 Å². The number of rotatable bonds is 5. The van der Waals surface area contributed by atoms with Gasteiger partial charge in [0.1, 0.15) is 17.2 Å². The molecule has 3 N–H and O–H groups in total. The molecule has 202 valence electrons. The van der Waals surface area contributed by atoms with Crippen LogP contribution >= 0.6 is 0 Å². The van der Waals surface area contributed by atoms with E-state index < -0.39 is 11.8 Å². The lowest BCUT2D eigenvalue weighted by atomic mass is 9.83. The number of carbonyl (C=O) groups is 1. The van der Waals surface area contributed by atoms with Gasteiger partial charge in [0.2, 0.25) is 0 Å². The maximum absolute atomic E-state index is 15.5.